The van der Waals surface area contributed by atoms with Gasteiger partial charge in [-0.3, -0.25) is 4.79 Å². The first kappa shape index (κ1) is 22.2. The number of nitrogens with zero attached hydrogens (tertiary/aromatic N) is 3. The van der Waals surface area contributed by atoms with Crippen molar-refractivity contribution < 1.29 is 13.9 Å². The fourth-order valence-electron chi connectivity index (χ4n) is 3.97. The van der Waals surface area contributed by atoms with Crippen molar-refractivity contribution in [3.05, 3.63) is 101 Å². The van der Waals surface area contributed by atoms with E-state index in [9.17, 15) is 9.18 Å². The van der Waals surface area contributed by atoms with Crippen LogP contribution in [0, 0.1) is 5.82 Å². The maximum Gasteiger partial charge on any atom is 0.286 e. The number of hydrogen-bond donors (Lipinski definition) is 0. The third kappa shape index (κ3) is 5.15. The van der Waals surface area contributed by atoms with Gasteiger partial charge in [-0.15, -0.1) is 0 Å². The fraction of sp³-hybridized carbons (Fsp3) is 0.185. The summed E-state index contributed by atoms with van der Waals surface area (Å²) in [6, 6.07) is 24.5. The van der Waals surface area contributed by atoms with E-state index < -0.39 is 0 Å². The molecule has 0 aliphatic carbocycles. The summed E-state index contributed by atoms with van der Waals surface area (Å²) < 4.78 is 20.0. The smallest absolute Gasteiger partial charge is 0.286 e. The summed E-state index contributed by atoms with van der Waals surface area (Å²) >= 11 is 1.39. The molecule has 1 saturated heterocycles. The van der Waals surface area contributed by atoms with Crippen molar-refractivity contribution in [1.29, 1.82) is 0 Å². The molecule has 5 nitrogen and oxygen atoms in total. The predicted molar refractivity (Wildman–Crippen MR) is 135 cm³/mol. The number of thioether (sulfide) groups is 1. The van der Waals surface area contributed by atoms with Crippen LogP contribution in [0.5, 0.6) is 5.75 Å². The van der Waals surface area contributed by atoms with E-state index in [1.807, 2.05) is 71.6 Å². The Hall–Kier alpha value is -3.58. The molecule has 0 saturated carbocycles. The minimum atomic E-state index is -0.229. The topological polar surface area (TPSA) is 45.1 Å². The monoisotopic (exact) mass is 473 g/mol. The van der Waals surface area contributed by atoms with Crippen molar-refractivity contribution in [2.75, 3.05) is 31.1 Å². The zero-order chi connectivity index (χ0) is 23.3. The van der Waals surface area contributed by atoms with Gasteiger partial charge in [-0.25, -0.2) is 4.39 Å². The molecule has 0 aromatic heterocycles. The first-order valence-electron chi connectivity index (χ1n) is 11.2. The van der Waals surface area contributed by atoms with Crippen LogP contribution in [0.3, 0.4) is 0 Å². The van der Waals surface area contributed by atoms with Gasteiger partial charge in [-0.1, -0.05) is 54.6 Å². The van der Waals surface area contributed by atoms with Crippen LogP contribution in [0.25, 0.3) is 6.08 Å². The minimum absolute atomic E-state index is 0.209. The molecule has 0 unspecified atom stereocenters. The maximum absolute atomic E-state index is 14.1. The minimum Gasteiger partial charge on any atom is -0.489 e. The van der Waals surface area contributed by atoms with Crippen molar-refractivity contribution in [3.8, 4) is 5.75 Å². The molecule has 7 heteroatoms. The second-order valence-corrected chi connectivity index (χ2v) is 9.09. The van der Waals surface area contributed by atoms with Crippen LogP contribution >= 0.6 is 11.8 Å². The second kappa shape index (κ2) is 10.1. The van der Waals surface area contributed by atoms with Crippen molar-refractivity contribution in [1.82, 2.24) is 4.90 Å². The highest BCUT2D eigenvalue weighted by Gasteiger charge is 2.29. The summed E-state index contributed by atoms with van der Waals surface area (Å²) in [5, 5.41) is 0.709. The molecule has 3 aromatic rings. The number of carbonyl (C=O) groups is 1. The predicted octanol–water partition coefficient (Wildman–Crippen LogP) is 5.20. The van der Waals surface area contributed by atoms with Gasteiger partial charge in [-0.2, -0.15) is 4.99 Å². The third-order valence-electron chi connectivity index (χ3n) is 5.76. The number of amides is 1. The number of aliphatic imine (C=N–C) groups is 1. The average molecular weight is 474 g/mol. The summed E-state index contributed by atoms with van der Waals surface area (Å²) in [5.74, 6) is 0.310. The summed E-state index contributed by atoms with van der Waals surface area (Å²) in [5.41, 5.74) is 2.61. The molecule has 1 amide bonds. The van der Waals surface area contributed by atoms with E-state index in [1.54, 1.807) is 12.1 Å². The van der Waals surface area contributed by atoms with Gasteiger partial charge >= 0.3 is 0 Å². The average Bonchev–Trinajstić information content (AvgIpc) is 3.24. The Kier molecular flexibility index (Phi) is 6.62. The normalized spacial score (nSPS) is 17.3. The number of amidine groups is 1. The van der Waals surface area contributed by atoms with Gasteiger partial charge in [0.05, 0.1) is 10.6 Å². The van der Waals surface area contributed by atoms with Crippen LogP contribution in [0.2, 0.25) is 0 Å². The maximum atomic E-state index is 14.1. The van der Waals surface area contributed by atoms with Crippen molar-refractivity contribution in [2.24, 2.45) is 4.99 Å². The number of para-hydroxylation sites is 1. The number of carbonyl (C=O) groups excluding carboxylic acids is 1. The van der Waals surface area contributed by atoms with E-state index in [-0.39, 0.29) is 11.7 Å². The molecule has 2 aliphatic rings. The highest BCUT2D eigenvalue weighted by Crippen LogP contribution is 2.32. The van der Waals surface area contributed by atoms with Gasteiger partial charge in [0.2, 0.25) is 0 Å². The lowest BCUT2D eigenvalue weighted by Crippen LogP contribution is -2.48. The summed E-state index contributed by atoms with van der Waals surface area (Å²) in [4.78, 5) is 21.6. The quantitative estimate of drug-likeness (QED) is 0.477. The largest absolute Gasteiger partial charge is 0.489 e. The summed E-state index contributed by atoms with van der Waals surface area (Å²) in [6.07, 6.45) is 1.86. The van der Waals surface area contributed by atoms with Crippen LogP contribution in [0.4, 0.5) is 10.1 Å². The number of piperazine rings is 1. The number of anilines is 1. The molecule has 3 aromatic carbocycles. The van der Waals surface area contributed by atoms with Gasteiger partial charge in [0.1, 0.15) is 18.2 Å². The molecular formula is C27H24FN3O2S. The lowest BCUT2D eigenvalue weighted by Gasteiger charge is -2.36. The Morgan fingerprint density at radius 2 is 1.65 bits per heavy atom. The lowest BCUT2D eigenvalue weighted by atomic mass is 10.2. The van der Waals surface area contributed by atoms with Gasteiger partial charge in [0, 0.05) is 26.2 Å². The highest BCUT2D eigenvalue weighted by atomic mass is 32.2. The van der Waals surface area contributed by atoms with Crippen molar-refractivity contribution >= 4 is 34.6 Å². The standard InChI is InChI=1S/C27H24FN3O2S/c28-23-11-4-5-12-24(23)30-13-15-31(16-14-30)27-29-26(32)25(34-27)18-21-9-6-10-22(17-21)33-19-20-7-2-1-3-8-20/h1-12,17-18H,13-16,19H2/b25-18-. The summed E-state index contributed by atoms with van der Waals surface area (Å²) in [7, 11) is 0. The van der Waals surface area contributed by atoms with E-state index in [2.05, 4.69) is 9.89 Å². The van der Waals surface area contributed by atoms with Gasteiger partial charge in [0.15, 0.2) is 5.17 Å². The fourth-order valence-corrected chi connectivity index (χ4v) is 4.93. The van der Waals surface area contributed by atoms with E-state index in [4.69, 9.17) is 4.74 Å². The number of hydrogen-bond acceptors (Lipinski definition) is 5. The Morgan fingerprint density at radius 3 is 2.44 bits per heavy atom. The summed E-state index contributed by atoms with van der Waals surface area (Å²) in [6.45, 7) is 3.21. The zero-order valence-corrected chi connectivity index (χ0v) is 19.4. The number of benzene rings is 3. The number of ether oxygens (including phenoxy) is 1. The Labute approximate surface area is 202 Å². The molecule has 0 spiro atoms. The molecular weight excluding hydrogens is 449 g/mol. The van der Waals surface area contributed by atoms with Crippen LogP contribution in [0.1, 0.15) is 11.1 Å². The molecule has 0 bridgehead atoms. The Morgan fingerprint density at radius 1 is 0.912 bits per heavy atom. The van der Waals surface area contributed by atoms with E-state index in [0.717, 1.165) is 16.9 Å². The van der Waals surface area contributed by atoms with Gasteiger partial charge in [0.25, 0.3) is 5.91 Å². The molecule has 172 valence electrons. The van der Waals surface area contributed by atoms with Crippen molar-refractivity contribution in [3.63, 3.8) is 0 Å². The van der Waals surface area contributed by atoms with Crippen LogP contribution in [-0.4, -0.2) is 42.2 Å². The molecule has 2 heterocycles. The van der Waals surface area contributed by atoms with E-state index in [1.165, 1.54) is 17.8 Å². The van der Waals surface area contributed by atoms with E-state index in [0.29, 0.717) is 48.5 Å². The Balaban J connectivity index is 1.20. The molecule has 0 N–H and O–H groups in total. The van der Waals surface area contributed by atoms with Crippen LogP contribution < -0.4 is 9.64 Å². The first-order chi connectivity index (χ1) is 16.7. The molecule has 5 rings (SSSR count). The van der Waals surface area contributed by atoms with E-state index >= 15 is 0 Å². The van der Waals surface area contributed by atoms with Gasteiger partial charge < -0.3 is 14.5 Å². The number of rotatable bonds is 5. The zero-order valence-electron chi connectivity index (χ0n) is 18.6. The van der Waals surface area contributed by atoms with Crippen LogP contribution in [-0.2, 0) is 11.4 Å². The first-order valence-corrected chi connectivity index (χ1v) is 12.0. The van der Waals surface area contributed by atoms with Gasteiger partial charge in [-0.05, 0) is 53.2 Å². The molecule has 0 atom stereocenters. The SMILES string of the molecule is O=C1N=C(N2CCN(c3ccccc3F)CC2)S/C1=C\c1cccc(OCc2ccccc2)c1. The molecule has 1 fully saturated rings. The lowest BCUT2D eigenvalue weighted by molar-refractivity contribution is -0.113. The highest BCUT2D eigenvalue weighted by molar-refractivity contribution is 8.18. The molecule has 34 heavy (non-hydrogen) atoms. The number of halogens is 1. The van der Waals surface area contributed by atoms with Crippen molar-refractivity contribution in [2.45, 2.75) is 6.61 Å². The molecule has 2 aliphatic heterocycles. The van der Waals surface area contributed by atoms with Crippen LogP contribution in [0.15, 0.2) is 88.8 Å². The third-order valence-corrected chi connectivity index (χ3v) is 6.80. The Bertz CT molecular complexity index is 1240. The molecule has 0 radical (unpaired) electrons. The second-order valence-electron chi connectivity index (χ2n) is 8.08.